The number of hydrogen-bond acceptors (Lipinski definition) is 3. The van der Waals surface area contributed by atoms with Gasteiger partial charge in [-0.2, -0.15) is 0 Å². The molecule has 1 aromatic rings. The zero-order chi connectivity index (χ0) is 18.6. The molecule has 2 amide bonds. The maximum Gasteiger partial charge on any atom is 0.236 e. The molecule has 0 unspecified atom stereocenters. The molecule has 1 N–H and O–H groups in total. The lowest BCUT2D eigenvalue weighted by molar-refractivity contribution is -0.125. The molecule has 1 saturated heterocycles. The summed E-state index contributed by atoms with van der Waals surface area (Å²) in [5, 5.41) is 2.88. The molecule has 0 aromatic heterocycles. The van der Waals surface area contributed by atoms with Gasteiger partial charge in [-0.05, 0) is 37.8 Å². The molecule has 0 spiro atoms. The van der Waals surface area contributed by atoms with E-state index in [0.717, 1.165) is 43.3 Å². The van der Waals surface area contributed by atoms with Crippen LogP contribution in [0.3, 0.4) is 0 Å². The third-order valence-electron chi connectivity index (χ3n) is 6.47. The van der Waals surface area contributed by atoms with Gasteiger partial charge in [-0.3, -0.25) is 9.59 Å². The normalized spacial score (nSPS) is 23.9. The van der Waals surface area contributed by atoms with Gasteiger partial charge in [0.25, 0.3) is 0 Å². The Morgan fingerprint density at radius 3 is 2.22 bits per heavy atom. The lowest BCUT2D eigenvalue weighted by Crippen LogP contribution is -2.50. The van der Waals surface area contributed by atoms with Gasteiger partial charge in [0, 0.05) is 25.2 Å². The fourth-order valence-corrected chi connectivity index (χ4v) is 5.05. The summed E-state index contributed by atoms with van der Waals surface area (Å²) in [6.07, 6.45) is 11.5. The van der Waals surface area contributed by atoms with Gasteiger partial charge in [0.2, 0.25) is 11.8 Å². The number of hydrogen-bond donors (Lipinski definition) is 1. The number of amides is 2. The van der Waals surface area contributed by atoms with Gasteiger partial charge >= 0.3 is 0 Å². The fraction of sp³-hybridized carbons (Fsp3) is 0.636. The summed E-state index contributed by atoms with van der Waals surface area (Å²) in [7, 11) is 0. The summed E-state index contributed by atoms with van der Waals surface area (Å²) >= 11 is 0. The predicted molar refractivity (Wildman–Crippen MR) is 108 cm³/mol. The molecule has 1 aliphatic carbocycles. The number of benzene rings is 1. The molecular weight excluding hydrogens is 338 g/mol. The highest BCUT2D eigenvalue weighted by Gasteiger charge is 2.34. The van der Waals surface area contributed by atoms with Crippen LogP contribution >= 0.6 is 0 Å². The number of carbonyl (C=O) groups excluding carboxylic acids is 2. The van der Waals surface area contributed by atoms with E-state index in [-0.39, 0.29) is 24.3 Å². The quantitative estimate of drug-likeness (QED) is 0.804. The van der Waals surface area contributed by atoms with Crippen molar-refractivity contribution in [3.05, 3.63) is 24.3 Å². The zero-order valence-electron chi connectivity index (χ0n) is 16.2. The molecule has 1 saturated carbocycles. The summed E-state index contributed by atoms with van der Waals surface area (Å²) in [6, 6.07) is 8.62. The van der Waals surface area contributed by atoms with Gasteiger partial charge in [0.15, 0.2) is 0 Å². The molecule has 5 nitrogen and oxygen atoms in total. The Hall–Kier alpha value is -1.88. The molecule has 27 heavy (non-hydrogen) atoms. The van der Waals surface area contributed by atoms with Crippen LogP contribution in [0.2, 0.25) is 0 Å². The van der Waals surface area contributed by atoms with Crippen LogP contribution in [-0.4, -0.2) is 41.9 Å². The van der Waals surface area contributed by atoms with Crippen LogP contribution in [-0.2, 0) is 9.59 Å². The van der Waals surface area contributed by atoms with E-state index in [1.807, 2.05) is 29.2 Å². The van der Waals surface area contributed by atoms with E-state index in [2.05, 4.69) is 10.2 Å². The van der Waals surface area contributed by atoms with Crippen molar-refractivity contribution in [2.24, 2.45) is 0 Å². The summed E-state index contributed by atoms with van der Waals surface area (Å²) in [5.74, 6) is -0.274. The fourth-order valence-electron chi connectivity index (χ4n) is 5.05. The Labute approximate surface area is 162 Å². The highest BCUT2D eigenvalue weighted by atomic mass is 16.2. The number of carbonyl (C=O) groups is 2. The van der Waals surface area contributed by atoms with E-state index < -0.39 is 0 Å². The lowest BCUT2D eigenvalue weighted by atomic mass is 9.93. The topological polar surface area (TPSA) is 52.7 Å². The number of para-hydroxylation sites is 2. The van der Waals surface area contributed by atoms with Gasteiger partial charge in [0.05, 0.1) is 11.4 Å². The van der Waals surface area contributed by atoms with E-state index in [9.17, 15) is 9.59 Å². The van der Waals surface area contributed by atoms with Crippen molar-refractivity contribution in [1.82, 2.24) is 4.90 Å². The first-order valence-corrected chi connectivity index (χ1v) is 10.7. The monoisotopic (exact) mass is 369 g/mol. The van der Waals surface area contributed by atoms with Crippen LogP contribution in [0.4, 0.5) is 11.4 Å². The first kappa shape index (κ1) is 18.5. The molecule has 0 radical (unpaired) electrons. The summed E-state index contributed by atoms with van der Waals surface area (Å²) in [5.41, 5.74) is 1.62. The van der Waals surface area contributed by atoms with Gasteiger partial charge in [-0.25, -0.2) is 0 Å². The van der Waals surface area contributed by atoms with Gasteiger partial charge in [0.1, 0.15) is 6.42 Å². The Bertz CT molecular complexity index is 674. The van der Waals surface area contributed by atoms with Crippen molar-refractivity contribution in [1.29, 1.82) is 0 Å². The number of nitrogens with one attached hydrogen (secondary N) is 1. The third kappa shape index (κ3) is 4.18. The Morgan fingerprint density at radius 2 is 1.48 bits per heavy atom. The Kier molecular flexibility index (Phi) is 5.77. The number of piperidine rings is 1. The standard InChI is InChI=1S/C22H31N3O2/c26-21-16-22(27)25(20-11-7-6-10-19(20)23-21)18-12-14-24(15-13-18)17-8-4-2-1-3-5-9-17/h6-7,10-11,17-18H,1-5,8-9,12-16H2,(H,23,26). The van der Waals surface area contributed by atoms with Crippen molar-refractivity contribution in [3.8, 4) is 0 Å². The van der Waals surface area contributed by atoms with E-state index >= 15 is 0 Å². The second kappa shape index (κ2) is 8.42. The molecule has 5 heteroatoms. The summed E-state index contributed by atoms with van der Waals surface area (Å²) in [6.45, 7) is 2.12. The number of rotatable bonds is 2. The van der Waals surface area contributed by atoms with Crippen molar-refractivity contribution in [2.45, 2.75) is 76.3 Å². The van der Waals surface area contributed by atoms with Gasteiger partial charge < -0.3 is 15.1 Å². The molecule has 0 bridgehead atoms. The smallest absolute Gasteiger partial charge is 0.236 e. The van der Waals surface area contributed by atoms with Crippen LogP contribution in [0.25, 0.3) is 0 Å². The predicted octanol–water partition coefficient (Wildman–Crippen LogP) is 3.94. The highest BCUT2D eigenvalue weighted by Crippen LogP contribution is 2.34. The number of likely N-dealkylation sites (tertiary alicyclic amines) is 1. The van der Waals surface area contributed by atoms with Crippen molar-refractivity contribution < 1.29 is 9.59 Å². The first-order chi connectivity index (χ1) is 13.2. The summed E-state index contributed by atoms with van der Waals surface area (Å²) < 4.78 is 0. The van der Waals surface area contributed by atoms with Gasteiger partial charge in [-0.1, -0.05) is 44.2 Å². The minimum Gasteiger partial charge on any atom is -0.324 e. The second-order valence-electron chi connectivity index (χ2n) is 8.27. The maximum atomic E-state index is 12.8. The van der Waals surface area contributed by atoms with Crippen molar-refractivity contribution >= 4 is 23.2 Å². The van der Waals surface area contributed by atoms with E-state index in [4.69, 9.17) is 0 Å². The molecular formula is C22H31N3O2. The van der Waals surface area contributed by atoms with Crippen LogP contribution in [0, 0.1) is 0 Å². The number of fused-ring (bicyclic) bond motifs is 1. The average molecular weight is 370 g/mol. The highest BCUT2D eigenvalue weighted by molar-refractivity contribution is 6.14. The minimum atomic E-state index is -0.207. The van der Waals surface area contributed by atoms with Crippen LogP contribution in [0.1, 0.15) is 64.2 Å². The second-order valence-corrected chi connectivity index (χ2v) is 8.27. The lowest BCUT2D eigenvalue weighted by Gasteiger charge is -2.42. The Balaban J connectivity index is 1.45. The zero-order valence-corrected chi connectivity index (χ0v) is 16.2. The molecule has 4 rings (SSSR count). The van der Waals surface area contributed by atoms with E-state index in [1.54, 1.807) is 0 Å². The van der Waals surface area contributed by atoms with Crippen molar-refractivity contribution in [3.63, 3.8) is 0 Å². The summed E-state index contributed by atoms with van der Waals surface area (Å²) in [4.78, 5) is 29.4. The van der Waals surface area contributed by atoms with Crippen LogP contribution in [0.5, 0.6) is 0 Å². The molecule has 2 aliphatic heterocycles. The maximum absolute atomic E-state index is 12.8. The Morgan fingerprint density at radius 1 is 0.815 bits per heavy atom. The molecule has 3 aliphatic rings. The molecule has 0 atom stereocenters. The SMILES string of the molecule is O=C1CC(=O)N(C2CCN(C3CCCCCCC3)CC2)c2ccccc2N1. The minimum absolute atomic E-state index is 0.0580. The van der Waals surface area contributed by atoms with E-state index in [0.29, 0.717) is 0 Å². The molecule has 146 valence electrons. The largest absolute Gasteiger partial charge is 0.324 e. The van der Waals surface area contributed by atoms with Crippen LogP contribution in [0.15, 0.2) is 24.3 Å². The molecule has 2 fully saturated rings. The molecule has 2 heterocycles. The number of anilines is 2. The first-order valence-electron chi connectivity index (χ1n) is 10.7. The average Bonchev–Trinajstić information content (AvgIpc) is 2.76. The number of nitrogens with zero attached hydrogens (tertiary/aromatic N) is 2. The van der Waals surface area contributed by atoms with E-state index in [1.165, 1.54) is 44.9 Å². The third-order valence-corrected chi connectivity index (χ3v) is 6.47. The van der Waals surface area contributed by atoms with Gasteiger partial charge in [-0.15, -0.1) is 0 Å². The van der Waals surface area contributed by atoms with Crippen molar-refractivity contribution in [2.75, 3.05) is 23.3 Å². The molecule has 1 aromatic carbocycles. The van der Waals surface area contributed by atoms with Crippen LogP contribution < -0.4 is 10.2 Å².